The third-order valence-corrected chi connectivity index (χ3v) is 3.26. The van der Waals surface area contributed by atoms with Gasteiger partial charge >= 0.3 is 0 Å². The van der Waals surface area contributed by atoms with Crippen molar-refractivity contribution >= 4 is 23.6 Å². The van der Waals surface area contributed by atoms with Crippen LogP contribution in [0.15, 0.2) is 18.2 Å². The zero-order chi connectivity index (χ0) is 11.4. The Kier molecular flexibility index (Phi) is 3.83. The van der Waals surface area contributed by atoms with E-state index >= 15 is 0 Å². The van der Waals surface area contributed by atoms with Crippen molar-refractivity contribution in [1.82, 2.24) is 0 Å². The first-order valence-corrected chi connectivity index (χ1v) is 6.16. The molecule has 0 N–H and O–H groups in total. The molecule has 0 amide bonds. The third-order valence-electron chi connectivity index (χ3n) is 3.03. The fourth-order valence-electron chi connectivity index (χ4n) is 2.22. The molecular formula is C13H16ClNO. The molecule has 0 atom stereocenters. The molecule has 1 fully saturated rings. The summed E-state index contributed by atoms with van der Waals surface area (Å²) in [5.74, 6) is 0. The maximum absolute atomic E-state index is 10.4. The van der Waals surface area contributed by atoms with Crippen LogP contribution < -0.4 is 4.90 Å². The lowest BCUT2D eigenvalue weighted by atomic mass is 10.1. The molecule has 0 saturated carbocycles. The van der Waals surface area contributed by atoms with Crippen molar-refractivity contribution in [3.8, 4) is 0 Å². The van der Waals surface area contributed by atoms with Crippen LogP contribution >= 0.6 is 11.6 Å². The number of aryl methyl sites for hydroxylation is 1. The van der Waals surface area contributed by atoms with Crippen LogP contribution in [0.5, 0.6) is 0 Å². The van der Waals surface area contributed by atoms with Gasteiger partial charge in [-0.15, -0.1) is 0 Å². The fourth-order valence-corrected chi connectivity index (χ4v) is 2.38. The zero-order valence-electron chi connectivity index (χ0n) is 9.29. The number of halogens is 1. The highest BCUT2D eigenvalue weighted by Crippen LogP contribution is 2.28. The second kappa shape index (κ2) is 5.35. The predicted molar refractivity (Wildman–Crippen MR) is 67.3 cm³/mol. The van der Waals surface area contributed by atoms with E-state index in [4.69, 9.17) is 11.6 Å². The summed E-state index contributed by atoms with van der Waals surface area (Å²) in [4.78, 5) is 12.8. The van der Waals surface area contributed by atoms with Gasteiger partial charge in [-0.3, -0.25) is 0 Å². The quantitative estimate of drug-likeness (QED) is 0.751. The van der Waals surface area contributed by atoms with Crippen molar-refractivity contribution in [2.45, 2.75) is 25.7 Å². The Morgan fingerprint density at radius 2 is 2.06 bits per heavy atom. The smallest absolute Gasteiger partial charge is 0.120 e. The molecule has 1 aromatic rings. The predicted octanol–water partition coefficient (Wildman–Crippen LogP) is 3.07. The number of carbonyl (C=O) groups excluding carboxylic acids is 1. The number of rotatable bonds is 4. The van der Waals surface area contributed by atoms with Crippen molar-refractivity contribution in [3.63, 3.8) is 0 Å². The van der Waals surface area contributed by atoms with Gasteiger partial charge in [0, 0.05) is 30.2 Å². The van der Waals surface area contributed by atoms with Crippen LogP contribution in [-0.2, 0) is 11.2 Å². The highest BCUT2D eigenvalue weighted by atomic mass is 35.5. The van der Waals surface area contributed by atoms with Crippen LogP contribution in [0.25, 0.3) is 0 Å². The molecule has 16 heavy (non-hydrogen) atoms. The standard InChI is InChI=1S/C13H16ClNO/c14-12-6-5-11(4-3-9-16)13(10-12)15-7-1-2-8-15/h5-6,9-10H,1-4,7-8H2. The van der Waals surface area contributed by atoms with Gasteiger partial charge in [0.25, 0.3) is 0 Å². The van der Waals surface area contributed by atoms with E-state index in [1.165, 1.54) is 24.1 Å². The molecule has 1 aliphatic heterocycles. The lowest BCUT2D eigenvalue weighted by Crippen LogP contribution is -2.19. The molecule has 86 valence electrons. The van der Waals surface area contributed by atoms with Crippen molar-refractivity contribution < 1.29 is 4.79 Å². The van der Waals surface area contributed by atoms with Gasteiger partial charge in [0.05, 0.1) is 0 Å². The molecule has 1 heterocycles. The first kappa shape index (κ1) is 11.5. The summed E-state index contributed by atoms with van der Waals surface area (Å²) in [6, 6.07) is 5.97. The molecule has 3 heteroatoms. The number of hydrogen-bond acceptors (Lipinski definition) is 2. The van der Waals surface area contributed by atoms with Crippen LogP contribution in [-0.4, -0.2) is 19.4 Å². The Morgan fingerprint density at radius 1 is 1.31 bits per heavy atom. The van der Waals surface area contributed by atoms with Crippen LogP contribution in [0.4, 0.5) is 5.69 Å². The van der Waals surface area contributed by atoms with Gasteiger partial charge in [-0.2, -0.15) is 0 Å². The van der Waals surface area contributed by atoms with Gasteiger partial charge in [0.2, 0.25) is 0 Å². The average molecular weight is 238 g/mol. The Labute approximate surface area is 101 Å². The first-order chi connectivity index (χ1) is 7.81. The molecule has 0 spiro atoms. The van der Waals surface area contributed by atoms with Crippen molar-refractivity contribution in [3.05, 3.63) is 28.8 Å². The molecular weight excluding hydrogens is 222 g/mol. The van der Waals surface area contributed by atoms with Crippen molar-refractivity contribution in [2.75, 3.05) is 18.0 Å². The molecule has 0 radical (unpaired) electrons. The third kappa shape index (κ3) is 2.56. The summed E-state index contributed by atoms with van der Waals surface area (Å²) in [5, 5.41) is 0.775. The first-order valence-electron chi connectivity index (χ1n) is 5.78. The van der Waals surface area contributed by atoms with Crippen molar-refractivity contribution in [2.24, 2.45) is 0 Å². The second-order valence-electron chi connectivity index (χ2n) is 4.17. The van der Waals surface area contributed by atoms with Crippen LogP contribution in [0, 0.1) is 0 Å². The SMILES string of the molecule is O=CCCc1ccc(Cl)cc1N1CCCC1. The molecule has 1 aromatic carbocycles. The summed E-state index contributed by atoms with van der Waals surface area (Å²) in [7, 11) is 0. The summed E-state index contributed by atoms with van der Waals surface area (Å²) in [5.41, 5.74) is 2.45. The topological polar surface area (TPSA) is 20.3 Å². The van der Waals surface area contributed by atoms with E-state index in [2.05, 4.69) is 4.90 Å². The Hall–Kier alpha value is -1.02. The molecule has 1 saturated heterocycles. The van der Waals surface area contributed by atoms with E-state index < -0.39 is 0 Å². The number of benzene rings is 1. The van der Waals surface area contributed by atoms with Crippen LogP contribution in [0.1, 0.15) is 24.8 Å². The Bertz CT molecular complexity index is 372. The fraction of sp³-hybridized carbons (Fsp3) is 0.462. The van der Waals surface area contributed by atoms with Crippen LogP contribution in [0.3, 0.4) is 0 Å². The highest BCUT2D eigenvalue weighted by Gasteiger charge is 2.15. The lowest BCUT2D eigenvalue weighted by Gasteiger charge is -2.21. The minimum atomic E-state index is 0.586. The molecule has 0 unspecified atom stereocenters. The largest absolute Gasteiger partial charge is 0.371 e. The normalized spacial score (nSPS) is 15.4. The van der Waals surface area contributed by atoms with Gasteiger partial charge in [-0.25, -0.2) is 0 Å². The van der Waals surface area contributed by atoms with Crippen LogP contribution in [0.2, 0.25) is 5.02 Å². The van der Waals surface area contributed by atoms with Gasteiger partial charge in [0.1, 0.15) is 6.29 Å². The average Bonchev–Trinajstić information content (AvgIpc) is 2.80. The lowest BCUT2D eigenvalue weighted by molar-refractivity contribution is -0.107. The number of nitrogens with zero attached hydrogens (tertiary/aromatic N) is 1. The number of aldehydes is 1. The minimum absolute atomic E-state index is 0.586. The summed E-state index contributed by atoms with van der Waals surface area (Å²) < 4.78 is 0. The summed E-state index contributed by atoms with van der Waals surface area (Å²) in [6.45, 7) is 2.21. The number of carbonyl (C=O) groups is 1. The monoisotopic (exact) mass is 237 g/mol. The van der Waals surface area contributed by atoms with Gasteiger partial charge in [-0.1, -0.05) is 17.7 Å². The van der Waals surface area contributed by atoms with E-state index in [1.807, 2.05) is 18.2 Å². The van der Waals surface area contributed by atoms with E-state index in [0.29, 0.717) is 6.42 Å². The van der Waals surface area contributed by atoms with E-state index in [0.717, 1.165) is 30.8 Å². The van der Waals surface area contributed by atoms with Gasteiger partial charge in [-0.05, 0) is 37.0 Å². The highest BCUT2D eigenvalue weighted by molar-refractivity contribution is 6.30. The van der Waals surface area contributed by atoms with Crippen molar-refractivity contribution in [1.29, 1.82) is 0 Å². The molecule has 0 bridgehead atoms. The molecule has 0 aliphatic carbocycles. The molecule has 2 rings (SSSR count). The maximum Gasteiger partial charge on any atom is 0.120 e. The van der Waals surface area contributed by atoms with Gasteiger partial charge < -0.3 is 9.69 Å². The Balaban J connectivity index is 2.24. The van der Waals surface area contributed by atoms with Gasteiger partial charge in [0.15, 0.2) is 0 Å². The van der Waals surface area contributed by atoms with E-state index in [1.54, 1.807) is 0 Å². The van der Waals surface area contributed by atoms with E-state index in [9.17, 15) is 4.79 Å². The maximum atomic E-state index is 10.4. The number of anilines is 1. The molecule has 0 aromatic heterocycles. The molecule has 1 aliphatic rings. The molecule has 2 nitrogen and oxygen atoms in total. The second-order valence-corrected chi connectivity index (χ2v) is 4.61. The van der Waals surface area contributed by atoms with E-state index in [-0.39, 0.29) is 0 Å². The summed E-state index contributed by atoms with van der Waals surface area (Å²) in [6.07, 6.45) is 4.87. The summed E-state index contributed by atoms with van der Waals surface area (Å²) >= 11 is 6.03. The minimum Gasteiger partial charge on any atom is -0.371 e. The zero-order valence-corrected chi connectivity index (χ0v) is 10.0. The number of hydrogen-bond donors (Lipinski definition) is 0. The Morgan fingerprint density at radius 3 is 2.75 bits per heavy atom.